The van der Waals surface area contributed by atoms with Crippen molar-refractivity contribution in [2.75, 3.05) is 26.2 Å². The van der Waals surface area contributed by atoms with E-state index in [1.807, 2.05) is 0 Å². The van der Waals surface area contributed by atoms with Crippen molar-refractivity contribution in [3.63, 3.8) is 0 Å². The third kappa shape index (κ3) is 6.07. The van der Waals surface area contributed by atoms with Gasteiger partial charge in [0.05, 0.1) is 6.54 Å². The molecule has 1 aromatic carbocycles. The maximum absolute atomic E-state index is 11.7. The molecule has 0 atom stereocenters. The molecule has 1 aliphatic rings. The summed E-state index contributed by atoms with van der Waals surface area (Å²) < 4.78 is 1.12. The summed E-state index contributed by atoms with van der Waals surface area (Å²) in [5, 5.41) is 6.56. The SMILES string of the molecule is CCCNC(=O)CN1CCC(NCc2ccc(Br)cc2)CC1. The topological polar surface area (TPSA) is 44.4 Å². The van der Waals surface area contributed by atoms with E-state index in [1.54, 1.807) is 0 Å². The van der Waals surface area contributed by atoms with Gasteiger partial charge in [-0.15, -0.1) is 0 Å². The van der Waals surface area contributed by atoms with Crippen LogP contribution in [0, 0.1) is 0 Å². The van der Waals surface area contributed by atoms with Crippen LogP contribution in [0.2, 0.25) is 0 Å². The summed E-state index contributed by atoms with van der Waals surface area (Å²) in [6.07, 6.45) is 3.21. The molecule has 1 fully saturated rings. The highest BCUT2D eigenvalue weighted by molar-refractivity contribution is 9.10. The average molecular weight is 368 g/mol. The lowest BCUT2D eigenvalue weighted by molar-refractivity contribution is -0.122. The number of nitrogens with zero attached hydrogens (tertiary/aromatic N) is 1. The molecule has 1 heterocycles. The second kappa shape index (κ2) is 9.28. The van der Waals surface area contributed by atoms with E-state index in [0.717, 1.165) is 49.9 Å². The first kappa shape index (κ1) is 17.4. The van der Waals surface area contributed by atoms with E-state index in [2.05, 4.69) is 62.7 Å². The number of carbonyl (C=O) groups is 1. The van der Waals surface area contributed by atoms with E-state index >= 15 is 0 Å². The molecule has 0 saturated carbocycles. The first-order valence-electron chi connectivity index (χ1n) is 8.14. The number of hydrogen-bond acceptors (Lipinski definition) is 3. The zero-order valence-electron chi connectivity index (χ0n) is 13.3. The largest absolute Gasteiger partial charge is 0.355 e. The van der Waals surface area contributed by atoms with E-state index in [1.165, 1.54) is 5.56 Å². The Morgan fingerprint density at radius 3 is 2.59 bits per heavy atom. The van der Waals surface area contributed by atoms with Crippen molar-refractivity contribution in [2.45, 2.75) is 38.8 Å². The Morgan fingerprint density at radius 1 is 1.27 bits per heavy atom. The number of amides is 1. The van der Waals surface area contributed by atoms with Crippen molar-refractivity contribution in [3.8, 4) is 0 Å². The van der Waals surface area contributed by atoms with Crippen LogP contribution in [0.4, 0.5) is 0 Å². The van der Waals surface area contributed by atoms with E-state index in [-0.39, 0.29) is 5.91 Å². The maximum atomic E-state index is 11.7. The highest BCUT2D eigenvalue weighted by atomic mass is 79.9. The molecule has 1 aliphatic heterocycles. The van der Waals surface area contributed by atoms with Gasteiger partial charge in [0.25, 0.3) is 0 Å². The van der Waals surface area contributed by atoms with Crippen LogP contribution in [0.15, 0.2) is 28.7 Å². The molecule has 1 aromatic rings. The Balaban J connectivity index is 1.64. The Morgan fingerprint density at radius 2 is 1.95 bits per heavy atom. The summed E-state index contributed by atoms with van der Waals surface area (Å²) >= 11 is 3.46. The highest BCUT2D eigenvalue weighted by Gasteiger charge is 2.20. The van der Waals surface area contributed by atoms with Crippen molar-refractivity contribution in [2.24, 2.45) is 0 Å². The van der Waals surface area contributed by atoms with Crippen LogP contribution in [-0.4, -0.2) is 43.0 Å². The fraction of sp³-hybridized carbons (Fsp3) is 0.588. The second-order valence-electron chi connectivity index (χ2n) is 5.91. The van der Waals surface area contributed by atoms with Gasteiger partial charge in [-0.05, 0) is 37.0 Å². The number of piperidine rings is 1. The second-order valence-corrected chi connectivity index (χ2v) is 6.82. The van der Waals surface area contributed by atoms with Crippen LogP contribution in [0.3, 0.4) is 0 Å². The minimum absolute atomic E-state index is 0.156. The molecule has 2 rings (SSSR count). The van der Waals surface area contributed by atoms with Gasteiger partial charge in [-0.1, -0.05) is 35.0 Å². The van der Waals surface area contributed by atoms with Gasteiger partial charge in [0.2, 0.25) is 5.91 Å². The molecule has 122 valence electrons. The van der Waals surface area contributed by atoms with Crippen molar-refractivity contribution in [1.29, 1.82) is 0 Å². The van der Waals surface area contributed by atoms with Gasteiger partial charge in [-0.25, -0.2) is 0 Å². The van der Waals surface area contributed by atoms with Gasteiger partial charge < -0.3 is 10.6 Å². The zero-order valence-corrected chi connectivity index (χ0v) is 14.9. The van der Waals surface area contributed by atoms with E-state index in [4.69, 9.17) is 0 Å². The summed E-state index contributed by atoms with van der Waals surface area (Å²) in [6.45, 7) is 6.30. The minimum Gasteiger partial charge on any atom is -0.355 e. The molecular formula is C17H26BrN3O. The fourth-order valence-corrected chi connectivity index (χ4v) is 2.95. The van der Waals surface area contributed by atoms with Gasteiger partial charge in [0, 0.05) is 36.7 Å². The quantitative estimate of drug-likeness (QED) is 0.778. The van der Waals surface area contributed by atoms with E-state index in [0.29, 0.717) is 12.6 Å². The molecule has 0 bridgehead atoms. The number of halogens is 1. The summed E-state index contributed by atoms with van der Waals surface area (Å²) in [7, 11) is 0. The fourth-order valence-electron chi connectivity index (χ4n) is 2.68. The molecule has 0 aromatic heterocycles. The average Bonchev–Trinajstić information content (AvgIpc) is 2.54. The maximum Gasteiger partial charge on any atom is 0.234 e. The lowest BCUT2D eigenvalue weighted by atomic mass is 10.0. The Kier molecular flexibility index (Phi) is 7.36. The lowest BCUT2D eigenvalue weighted by Crippen LogP contribution is -2.46. The first-order valence-corrected chi connectivity index (χ1v) is 8.93. The number of nitrogens with one attached hydrogen (secondary N) is 2. The number of rotatable bonds is 7. The lowest BCUT2D eigenvalue weighted by Gasteiger charge is -2.32. The van der Waals surface area contributed by atoms with Crippen LogP contribution in [-0.2, 0) is 11.3 Å². The van der Waals surface area contributed by atoms with E-state index in [9.17, 15) is 4.79 Å². The van der Waals surface area contributed by atoms with Crippen molar-refractivity contribution in [1.82, 2.24) is 15.5 Å². The predicted octanol–water partition coefficient (Wildman–Crippen LogP) is 2.53. The van der Waals surface area contributed by atoms with Gasteiger partial charge in [0.1, 0.15) is 0 Å². The molecular weight excluding hydrogens is 342 g/mol. The van der Waals surface area contributed by atoms with Crippen molar-refractivity contribution < 1.29 is 4.79 Å². The molecule has 0 aliphatic carbocycles. The zero-order chi connectivity index (χ0) is 15.8. The predicted molar refractivity (Wildman–Crippen MR) is 93.7 cm³/mol. The van der Waals surface area contributed by atoms with Gasteiger partial charge in [-0.3, -0.25) is 9.69 Å². The third-order valence-corrected chi connectivity index (χ3v) is 4.56. The minimum atomic E-state index is 0.156. The number of carbonyl (C=O) groups excluding carboxylic acids is 1. The van der Waals surface area contributed by atoms with Gasteiger partial charge in [-0.2, -0.15) is 0 Å². The summed E-state index contributed by atoms with van der Waals surface area (Å²) in [4.78, 5) is 14.0. The first-order chi connectivity index (χ1) is 10.7. The highest BCUT2D eigenvalue weighted by Crippen LogP contribution is 2.13. The Bertz CT molecular complexity index is 455. The number of likely N-dealkylation sites (tertiary alicyclic amines) is 1. The smallest absolute Gasteiger partial charge is 0.234 e. The van der Waals surface area contributed by atoms with Crippen LogP contribution < -0.4 is 10.6 Å². The standard InChI is InChI=1S/C17H26BrN3O/c1-2-9-19-17(22)13-21-10-7-16(8-11-21)20-12-14-3-5-15(18)6-4-14/h3-6,16,20H,2,7-13H2,1H3,(H,19,22). The van der Waals surface area contributed by atoms with Crippen molar-refractivity contribution >= 4 is 21.8 Å². The van der Waals surface area contributed by atoms with Crippen molar-refractivity contribution in [3.05, 3.63) is 34.3 Å². The molecule has 0 unspecified atom stereocenters. The molecule has 0 spiro atoms. The molecule has 1 saturated heterocycles. The summed E-state index contributed by atoms with van der Waals surface area (Å²) in [6, 6.07) is 9.00. The number of benzene rings is 1. The van der Waals surface area contributed by atoms with Crippen LogP contribution in [0.25, 0.3) is 0 Å². The summed E-state index contributed by atoms with van der Waals surface area (Å²) in [5.41, 5.74) is 1.31. The molecule has 5 heteroatoms. The van der Waals surface area contributed by atoms with Crippen LogP contribution in [0.1, 0.15) is 31.7 Å². The van der Waals surface area contributed by atoms with Gasteiger partial charge >= 0.3 is 0 Å². The third-order valence-electron chi connectivity index (χ3n) is 4.04. The van der Waals surface area contributed by atoms with Crippen LogP contribution >= 0.6 is 15.9 Å². The monoisotopic (exact) mass is 367 g/mol. The molecule has 2 N–H and O–H groups in total. The molecule has 22 heavy (non-hydrogen) atoms. The van der Waals surface area contributed by atoms with E-state index < -0.39 is 0 Å². The Hall–Kier alpha value is -0.910. The molecule has 4 nitrogen and oxygen atoms in total. The Labute approximate surface area is 141 Å². The van der Waals surface area contributed by atoms with Crippen LogP contribution in [0.5, 0.6) is 0 Å². The molecule has 0 radical (unpaired) electrons. The van der Waals surface area contributed by atoms with Gasteiger partial charge in [0.15, 0.2) is 0 Å². The summed E-state index contributed by atoms with van der Waals surface area (Å²) in [5.74, 6) is 0.156. The molecule has 1 amide bonds. The normalized spacial score (nSPS) is 16.6. The number of hydrogen-bond donors (Lipinski definition) is 2.